The van der Waals surface area contributed by atoms with E-state index in [0.29, 0.717) is 6.04 Å². The van der Waals surface area contributed by atoms with E-state index in [9.17, 15) is 0 Å². The first-order valence-electron chi connectivity index (χ1n) is 5.04. The monoisotopic (exact) mass is 308 g/mol. The highest BCUT2D eigenvalue weighted by molar-refractivity contribution is 9.10. The molecule has 0 radical (unpaired) electrons. The van der Waals surface area contributed by atoms with Crippen molar-refractivity contribution in [3.8, 4) is 0 Å². The van der Waals surface area contributed by atoms with E-state index in [1.165, 1.54) is 4.88 Å². The summed E-state index contributed by atoms with van der Waals surface area (Å²) in [6, 6.07) is 2.72. The van der Waals surface area contributed by atoms with Crippen LogP contribution in [0.4, 0.5) is 0 Å². The summed E-state index contributed by atoms with van der Waals surface area (Å²) in [7, 11) is 0. The summed E-state index contributed by atoms with van der Waals surface area (Å²) in [5.41, 5.74) is 0. The average Bonchev–Trinajstić information content (AvgIpc) is 2.45. The zero-order chi connectivity index (χ0) is 10.8. The van der Waals surface area contributed by atoms with Crippen molar-refractivity contribution < 1.29 is 0 Å². The Bertz CT molecular complexity index is 323. The van der Waals surface area contributed by atoms with Crippen LogP contribution >= 0.6 is 38.9 Å². The van der Waals surface area contributed by atoms with Crippen LogP contribution in [0, 0.1) is 0 Å². The smallest absolute Gasteiger partial charge is 0.107 e. The van der Waals surface area contributed by atoms with Crippen LogP contribution < -0.4 is 5.32 Å². The third-order valence-corrected chi connectivity index (χ3v) is 4.99. The molecule has 2 heterocycles. The third-order valence-electron chi connectivity index (χ3n) is 2.53. The van der Waals surface area contributed by atoms with Crippen molar-refractivity contribution in [2.45, 2.75) is 19.5 Å². The second kappa shape index (κ2) is 5.15. The molecule has 1 aliphatic rings. The van der Waals surface area contributed by atoms with E-state index in [-0.39, 0.29) is 0 Å². The van der Waals surface area contributed by atoms with Gasteiger partial charge < -0.3 is 5.32 Å². The summed E-state index contributed by atoms with van der Waals surface area (Å²) in [4.78, 5) is 3.80. The highest BCUT2D eigenvalue weighted by Crippen LogP contribution is 2.32. The van der Waals surface area contributed by atoms with Crippen molar-refractivity contribution in [3.63, 3.8) is 0 Å². The fourth-order valence-electron chi connectivity index (χ4n) is 1.85. The molecule has 5 heteroatoms. The predicted molar refractivity (Wildman–Crippen MR) is 69.8 cm³/mol. The first-order valence-corrected chi connectivity index (χ1v) is 7.03. The van der Waals surface area contributed by atoms with E-state index in [2.05, 4.69) is 39.1 Å². The molecule has 0 bridgehead atoms. The second-order valence-corrected chi connectivity index (χ2v) is 6.52. The zero-order valence-corrected chi connectivity index (χ0v) is 11.8. The molecule has 0 aromatic carbocycles. The minimum absolute atomic E-state index is 0.595. The minimum atomic E-state index is 0.595. The van der Waals surface area contributed by atoms with Gasteiger partial charge in [-0.15, -0.1) is 11.3 Å². The molecule has 1 N–H and O–H groups in total. The Labute approximate surface area is 108 Å². The largest absolute Gasteiger partial charge is 0.312 e. The van der Waals surface area contributed by atoms with Crippen LogP contribution in [-0.4, -0.2) is 30.6 Å². The average molecular weight is 310 g/mol. The summed E-state index contributed by atoms with van der Waals surface area (Å²) in [6.45, 7) is 6.57. The molecular weight excluding hydrogens is 296 g/mol. The highest BCUT2D eigenvalue weighted by atomic mass is 79.9. The van der Waals surface area contributed by atoms with E-state index >= 15 is 0 Å². The van der Waals surface area contributed by atoms with E-state index in [0.717, 1.165) is 35.0 Å². The highest BCUT2D eigenvalue weighted by Gasteiger charge is 2.16. The Morgan fingerprint density at radius 3 is 3.13 bits per heavy atom. The molecule has 1 aliphatic heterocycles. The summed E-state index contributed by atoms with van der Waals surface area (Å²) in [6.07, 6.45) is 0. The first-order chi connectivity index (χ1) is 7.15. The van der Waals surface area contributed by atoms with E-state index in [4.69, 9.17) is 11.6 Å². The number of nitrogens with zero attached hydrogens (tertiary/aromatic N) is 1. The molecule has 0 amide bonds. The predicted octanol–water partition coefficient (Wildman–Crippen LogP) is 2.96. The Hall–Kier alpha value is 0.390. The lowest BCUT2D eigenvalue weighted by Crippen LogP contribution is -2.48. The summed E-state index contributed by atoms with van der Waals surface area (Å²) < 4.78 is 1.88. The number of halogens is 2. The Morgan fingerprint density at radius 2 is 2.53 bits per heavy atom. The van der Waals surface area contributed by atoms with Crippen molar-refractivity contribution in [3.05, 3.63) is 19.8 Å². The van der Waals surface area contributed by atoms with Gasteiger partial charge in [0.2, 0.25) is 0 Å². The first kappa shape index (κ1) is 11.9. The minimum Gasteiger partial charge on any atom is -0.312 e. The lowest BCUT2D eigenvalue weighted by molar-refractivity contribution is 0.201. The molecule has 2 rings (SSSR count). The summed E-state index contributed by atoms with van der Waals surface area (Å²) in [5.74, 6) is 0. The lowest BCUT2D eigenvalue weighted by atomic mass is 10.2. The van der Waals surface area contributed by atoms with E-state index in [1.54, 1.807) is 11.3 Å². The molecule has 0 spiro atoms. The zero-order valence-electron chi connectivity index (χ0n) is 8.59. The maximum Gasteiger partial charge on any atom is 0.107 e. The van der Waals surface area contributed by atoms with Crippen LogP contribution in [0.15, 0.2) is 10.5 Å². The standard InChI is InChI=1S/C10H14BrClN2S/c1-7-5-14(3-2-13-7)6-8-4-9(11)10(12)15-8/h4,7,13H,2-3,5-6H2,1H3/t7-/m0/s1. The molecule has 0 unspecified atom stereocenters. The molecule has 2 nitrogen and oxygen atoms in total. The van der Waals surface area contributed by atoms with Crippen molar-refractivity contribution in [2.24, 2.45) is 0 Å². The van der Waals surface area contributed by atoms with Crippen molar-refractivity contribution in [2.75, 3.05) is 19.6 Å². The molecular formula is C10H14BrClN2S. The van der Waals surface area contributed by atoms with Gasteiger partial charge in [0.25, 0.3) is 0 Å². The molecule has 1 aromatic rings. The van der Waals surface area contributed by atoms with Crippen molar-refractivity contribution in [1.82, 2.24) is 10.2 Å². The van der Waals surface area contributed by atoms with Gasteiger partial charge in [0, 0.05) is 41.6 Å². The van der Waals surface area contributed by atoms with Gasteiger partial charge in [-0.3, -0.25) is 4.90 Å². The fraction of sp³-hybridized carbons (Fsp3) is 0.600. The Balaban J connectivity index is 1.96. The van der Waals surface area contributed by atoms with Crippen LogP contribution in [0.3, 0.4) is 0 Å². The van der Waals surface area contributed by atoms with Gasteiger partial charge in [-0.2, -0.15) is 0 Å². The summed E-state index contributed by atoms with van der Waals surface area (Å²) >= 11 is 11.1. The van der Waals surface area contributed by atoms with Crippen LogP contribution in [0.5, 0.6) is 0 Å². The number of thiophene rings is 1. The number of piperazine rings is 1. The molecule has 1 aromatic heterocycles. The fourth-order valence-corrected chi connectivity index (χ4v) is 3.68. The number of hydrogen-bond donors (Lipinski definition) is 1. The van der Waals surface area contributed by atoms with Crippen molar-refractivity contribution >= 4 is 38.9 Å². The maximum absolute atomic E-state index is 6.02. The molecule has 0 aliphatic carbocycles. The van der Waals surface area contributed by atoms with Crippen molar-refractivity contribution in [1.29, 1.82) is 0 Å². The van der Waals surface area contributed by atoms with Gasteiger partial charge in [-0.05, 0) is 28.9 Å². The van der Waals surface area contributed by atoms with Gasteiger partial charge in [-0.25, -0.2) is 0 Å². The Morgan fingerprint density at radius 1 is 1.73 bits per heavy atom. The normalized spacial score (nSPS) is 23.3. The van der Waals surface area contributed by atoms with Gasteiger partial charge in [0.05, 0.1) is 0 Å². The molecule has 0 saturated carbocycles. The number of nitrogens with one attached hydrogen (secondary N) is 1. The quantitative estimate of drug-likeness (QED) is 0.903. The van der Waals surface area contributed by atoms with Crippen LogP contribution in [0.1, 0.15) is 11.8 Å². The SMILES string of the molecule is C[C@H]1CN(Cc2cc(Br)c(Cl)s2)CCN1. The lowest BCUT2D eigenvalue weighted by Gasteiger charge is -2.31. The second-order valence-electron chi connectivity index (χ2n) is 3.92. The third kappa shape index (κ3) is 3.17. The maximum atomic E-state index is 6.02. The molecule has 1 atom stereocenters. The van der Waals surface area contributed by atoms with Crippen LogP contribution in [0.25, 0.3) is 0 Å². The molecule has 1 saturated heterocycles. The molecule has 84 valence electrons. The van der Waals surface area contributed by atoms with Gasteiger partial charge in [-0.1, -0.05) is 11.6 Å². The van der Waals surface area contributed by atoms with Crippen LogP contribution in [0.2, 0.25) is 4.34 Å². The van der Waals surface area contributed by atoms with E-state index < -0.39 is 0 Å². The molecule has 15 heavy (non-hydrogen) atoms. The Kier molecular flexibility index (Phi) is 4.07. The number of rotatable bonds is 2. The topological polar surface area (TPSA) is 15.3 Å². The van der Waals surface area contributed by atoms with Gasteiger partial charge in [0.1, 0.15) is 4.34 Å². The van der Waals surface area contributed by atoms with Gasteiger partial charge >= 0.3 is 0 Å². The van der Waals surface area contributed by atoms with Crippen LogP contribution in [-0.2, 0) is 6.54 Å². The number of hydrogen-bond acceptors (Lipinski definition) is 3. The molecule has 1 fully saturated rings. The van der Waals surface area contributed by atoms with E-state index in [1.807, 2.05) is 0 Å². The van der Waals surface area contributed by atoms with Gasteiger partial charge in [0.15, 0.2) is 0 Å². The summed E-state index contributed by atoms with van der Waals surface area (Å²) in [5, 5.41) is 3.44.